The van der Waals surface area contributed by atoms with Crippen molar-refractivity contribution in [1.29, 1.82) is 0 Å². The summed E-state index contributed by atoms with van der Waals surface area (Å²) in [4.78, 5) is 10.4. The van der Waals surface area contributed by atoms with E-state index in [1.54, 1.807) is 13.8 Å². The lowest BCUT2D eigenvalue weighted by atomic mass is 9.69. The lowest BCUT2D eigenvalue weighted by Gasteiger charge is -2.38. The molecule has 246 valence electrons. The van der Waals surface area contributed by atoms with Crippen LogP contribution in [0.15, 0.2) is 48.7 Å². The third-order valence-electron chi connectivity index (χ3n) is 12.4. The number of para-hydroxylation sites is 1. The van der Waals surface area contributed by atoms with Crippen molar-refractivity contribution in [3.05, 3.63) is 71.2 Å². The predicted molar refractivity (Wildman–Crippen MR) is 190 cm³/mol. The van der Waals surface area contributed by atoms with Crippen LogP contribution in [0.2, 0.25) is 0 Å². The molecule has 3 aliphatic carbocycles. The molecule has 2 aromatic carbocycles. The van der Waals surface area contributed by atoms with E-state index in [4.69, 9.17) is 15.1 Å². The normalized spacial score (nSPS) is 18.9. The third-order valence-corrected chi connectivity index (χ3v) is 12.4. The molecule has 5 aromatic rings. The lowest BCUT2D eigenvalue weighted by Crippen LogP contribution is -2.39. The molecule has 3 fully saturated rings. The van der Waals surface area contributed by atoms with Crippen molar-refractivity contribution in [3.8, 4) is 17.1 Å². The summed E-state index contributed by atoms with van der Waals surface area (Å²) in [5, 5.41) is 7.55. The van der Waals surface area contributed by atoms with Crippen molar-refractivity contribution in [2.24, 2.45) is 0 Å². The fourth-order valence-corrected chi connectivity index (χ4v) is 9.25. The summed E-state index contributed by atoms with van der Waals surface area (Å²) in [5.74, 6) is 2.50. The molecule has 3 aromatic heterocycles. The van der Waals surface area contributed by atoms with E-state index in [9.17, 15) is 0 Å². The highest BCUT2D eigenvalue weighted by atomic mass is 19.1. The highest BCUT2D eigenvalue weighted by Crippen LogP contribution is 2.53. The Balaban J connectivity index is 1.53. The van der Waals surface area contributed by atoms with Crippen LogP contribution >= 0.6 is 0 Å². The first-order valence-corrected chi connectivity index (χ1v) is 18.3. The van der Waals surface area contributed by atoms with Crippen molar-refractivity contribution in [1.82, 2.24) is 24.3 Å². The van der Waals surface area contributed by atoms with Crippen molar-refractivity contribution >= 4 is 21.9 Å². The van der Waals surface area contributed by atoms with Crippen LogP contribution in [-0.2, 0) is 5.41 Å². The molecular formula is C41H50FN5. The highest BCUT2D eigenvalue weighted by molar-refractivity contribution is 6.10. The molecule has 0 aliphatic heterocycles. The molecule has 5 nitrogen and oxygen atoms in total. The number of fused-ring (bicyclic) bond motifs is 3. The SMILES string of the molecule is Cc1nc(-c2c(C(C)(C)C(C)(C)F)cc3c4cccnc4n(C4CCCC4)c3c2C2CCCC2)n(-c2ccccc2C2CCCC2)n1. The van der Waals surface area contributed by atoms with E-state index in [0.717, 1.165) is 47.0 Å². The summed E-state index contributed by atoms with van der Waals surface area (Å²) in [5.41, 5.74) is 6.05. The van der Waals surface area contributed by atoms with Gasteiger partial charge in [-0.2, -0.15) is 5.10 Å². The van der Waals surface area contributed by atoms with E-state index in [1.165, 1.54) is 91.6 Å². The molecule has 0 amide bonds. The highest BCUT2D eigenvalue weighted by Gasteiger charge is 2.44. The van der Waals surface area contributed by atoms with Gasteiger partial charge in [0.25, 0.3) is 0 Å². The summed E-state index contributed by atoms with van der Waals surface area (Å²) in [6.45, 7) is 9.67. The first-order valence-electron chi connectivity index (χ1n) is 18.3. The van der Waals surface area contributed by atoms with Crippen LogP contribution in [0.25, 0.3) is 39.0 Å². The third kappa shape index (κ3) is 4.95. The monoisotopic (exact) mass is 631 g/mol. The fraction of sp³-hybridized carbons (Fsp3) is 0.537. The van der Waals surface area contributed by atoms with Gasteiger partial charge in [0.2, 0.25) is 0 Å². The smallest absolute Gasteiger partial charge is 0.164 e. The first-order chi connectivity index (χ1) is 22.6. The van der Waals surface area contributed by atoms with Crippen molar-refractivity contribution in [2.75, 3.05) is 0 Å². The van der Waals surface area contributed by atoms with Crippen LogP contribution in [0.5, 0.6) is 0 Å². The Kier molecular flexibility index (Phi) is 7.57. The van der Waals surface area contributed by atoms with E-state index >= 15 is 4.39 Å². The van der Waals surface area contributed by atoms with Crippen LogP contribution in [0, 0.1) is 6.92 Å². The Labute approximate surface area is 279 Å². The van der Waals surface area contributed by atoms with Crippen LogP contribution in [0.4, 0.5) is 4.39 Å². The molecule has 47 heavy (non-hydrogen) atoms. The summed E-state index contributed by atoms with van der Waals surface area (Å²) in [6.07, 6.45) is 16.4. The molecular weight excluding hydrogens is 581 g/mol. The van der Waals surface area contributed by atoms with E-state index < -0.39 is 11.1 Å². The minimum absolute atomic E-state index is 0.367. The number of pyridine rings is 1. The zero-order valence-electron chi connectivity index (χ0n) is 29.0. The zero-order chi connectivity index (χ0) is 32.5. The minimum Gasteiger partial charge on any atom is -0.322 e. The fourth-order valence-electron chi connectivity index (χ4n) is 9.25. The Hall–Kier alpha value is -3.54. The number of halogens is 1. The quantitative estimate of drug-likeness (QED) is 0.180. The Morgan fingerprint density at radius 2 is 1.45 bits per heavy atom. The molecule has 3 aliphatic rings. The number of aromatic nitrogens is 5. The number of rotatable bonds is 7. The zero-order valence-corrected chi connectivity index (χ0v) is 29.0. The van der Waals surface area contributed by atoms with Crippen LogP contribution in [0.1, 0.15) is 145 Å². The largest absolute Gasteiger partial charge is 0.322 e. The van der Waals surface area contributed by atoms with E-state index in [1.807, 2.05) is 13.1 Å². The Bertz CT molecular complexity index is 1940. The number of hydrogen-bond donors (Lipinski definition) is 0. The van der Waals surface area contributed by atoms with Crippen LogP contribution in [-0.4, -0.2) is 30.0 Å². The predicted octanol–water partition coefficient (Wildman–Crippen LogP) is 11.2. The average Bonchev–Trinajstić information content (AvgIpc) is 3.90. The van der Waals surface area contributed by atoms with Crippen molar-refractivity contribution in [3.63, 3.8) is 0 Å². The molecule has 0 atom stereocenters. The van der Waals surface area contributed by atoms with Crippen LogP contribution in [0.3, 0.4) is 0 Å². The molecule has 8 rings (SSSR count). The Morgan fingerprint density at radius 1 is 0.787 bits per heavy atom. The standard InChI is InChI=1S/C41H50FN5/c1-26-44-39(47(45-26)34-23-13-12-21-30(34)27-15-6-7-16-27)36-33(40(2,3)41(4,5)42)25-32-31-22-14-24-43-38(31)46(29-19-10-11-20-29)37(32)35(36)28-17-8-9-18-28/h12-14,21-25,27-29H,6-11,15-20H2,1-5H3. The summed E-state index contributed by atoms with van der Waals surface area (Å²) >= 11 is 0. The lowest BCUT2D eigenvalue weighted by molar-refractivity contribution is 0.114. The number of aryl methyl sites for hydroxylation is 1. The van der Waals surface area contributed by atoms with Gasteiger partial charge in [-0.3, -0.25) is 0 Å². The van der Waals surface area contributed by atoms with Gasteiger partial charge >= 0.3 is 0 Å². The van der Waals surface area contributed by atoms with Gasteiger partial charge in [0, 0.05) is 34.0 Å². The van der Waals surface area contributed by atoms with Gasteiger partial charge in [-0.25, -0.2) is 19.0 Å². The molecule has 0 unspecified atom stereocenters. The maximum absolute atomic E-state index is 16.7. The Morgan fingerprint density at radius 3 is 2.15 bits per heavy atom. The number of nitrogens with zero attached hydrogens (tertiary/aromatic N) is 5. The summed E-state index contributed by atoms with van der Waals surface area (Å²) in [7, 11) is 0. The average molecular weight is 632 g/mol. The maximum Gasteiger partial charge on any atom is 0.164 e. The second kappa shape index (κ2) is 11.6. The minimum atomic E-state index is -1.48. The van der Waals surface area contributed by atoms with Gasteiger partial charge in [0.1, 0.15) is 17.1 Å². The molecule has 0 saturated heterocycles. The van der Waals surface area contributed by atoms with Gasteiger partial charge in [-0.15, -0.1) is 0 Å². The van der Waals surface area contributed by atoms with Gasteiger partial charge in [-0.1, -0.05) is 70.6 Å². The van der Waals surface area contributed by atoms with E-state index in [-0.39, 0.29) is 0 Å². The van der Waals surface area contributed by atoms with Crippen molar-refractivity contribution in [2.45, 2.75) is 141 Å². The first kappa shape index (κ1) is 30.8. The maximum atomic E-state index is 16.7. The second-order valence-electron chi connectivity index (χ2n) is 15.8. The molecule has 3 heterocycles. The number of hydrogen-bond acceptors (Lipinski definition) is 3. The van der Waals surface area contributed by atoms with Gasteiger partial charge in [-0.05, 0) is 112 Å². The molecule has 3 saturated carbocycles. The van der Waals surface area contributed by atoms with Crippen molar-refractivity contribution < 1.29 is 4.39 Å². The molecule has 0 radical (unpaired) electrons. The van der Waals surface area contributed by atoms with E-state index in [2.05, 4.69) is 65.6 Å². The summed E-state index contributed by atoms with van der Waals surface area (Å²) < 4.78 is 21.4. The van der Waals surface area contributed by atoms with Gasteiger partial charge < -0.3 is 4.57 Å². The van der Waals surface area contributed by atoms with Crippen LogP contribution < -0.4 is 0 Å². The van der Waals surface area contributed by atoms with Gasteiger partial charge in [0.05, 0.1) is 11.2 Å². The molecule has 0 N–H and O–H groups in total. The van der Waals surface area contributed by atoms with E-state index in [0.29, 0.717) is 17.9 Å². The molecule has 6 heteroatoms. The molecule has 0 bridgehead atoms. The molecule has 0 spiro atoms. The number of benzene rings is 2. The topological polar surface area (TPSA) is 48.5 Å². The summed E-state index contributed by atoms with van der Waals surface area (Å²) in [6, 6.07) is 15.9. The second-order valence-corrected chi connectivity index (χ2v) is 15.8. The van der Waals surface area contributed by atoms with Gasteiger partial charge in [0.15, 0.2) is 5.82 Å². The number of alkyl halides is 1.